The Balaban J connectivity index is 2.16. The maximum absolute atomic E-state index is 11.5. The first kappa shape index (κ1) is 11.2. The topological polar surface area (TPSA) is 32.3 Å². The summed E-state index contributed by atoms with van der Waals surface area (Å²) in [7, 11) is 1.83. The Morgan fingerprint density at radius 1 is 1.71 bits per heavy atom. The van der Waals surface area contributed by atoms with Crippen LogP contribution in [0.5, 0.6) is 0 Å². The quantitative estimate of drug-likeness (QED) is 0.666. The molecular weight excluding hydrogens is 176 g/mol. The van der Waals surface area contributed by atoms with Crippen LogP contribution in [0.2, 0.25) is 0 Å². The number of likely N-dealkylation sites (N-methyl/N-ethyl adjacent to an activating group) is 1. The zero-order valence-electron chi connectivity index (χ0n) is 8.96. The lowest BCUT2D eigenvalue weighted by Crippen LogP contribution is -2.27. The van der Waals surface area contributed by atoms with Crippen molar-refractivity contribution in [1.82, 2.24) is 10.2 Å². The largest absolute Gasteiger partial charge is 0.342 e. The van der Waals surface area contributed by atoms with Gasteiger partial charge in [-0.2, -0.15) is 0 Å². The van der Waals surface area contributed by atoms with E-state index in [1.165, 1.54) is 6.42 Å². The van der Waals surface area contributed by atoms with E-state index in [1.54, 1.807) is 11.0 Å². The van der Waals surface area contributed by atoms with Crippen molar-refractivity contribution in [1.29, 1.82) is 0 Å². The predicted octanol–water partition coefficient (Wildman–Crippen LogP) is 1.02. The van der Waals surface area contributed by atoms with Gasteiger partial charge < -0.3 is 10.2 Å². The van der Waals surface area contributed by atoms with Crippen molar-refractivity contribution in [2.75, 3.05) is 26.7 Å². The molecule has 1 N–H and O–H groups in total. The van der Waals surface area contributed by atoms with E-state index < -0.39 is 0 Å². The summed E-state index contributed by atoms with van der Waals surface area (Å²) < 4.78 is 0. The van der Waals surface area contributed by atoms with E-state index in [1.807, 2.05) is 7.05 Å². The fourth-order valence-corrected chi connectivity index (χ4v) is 1.77. The van der Waals surface area contributed by atoms with Crippen LogP contribution in [0, 0.1) is 5.92 Å². The van der Waals surface area contributed by atoms with Crippen molar-refractivity contribution in [2.45, 2.75) is 19.3 Å². The van der Waals surface area contributed by atoms with E-state index in [0.717, 1.165) is 19.5 Å². The molecule has 1 fully saturated rings. The number of amides is 1. The van der Waals surface area contributed by atoms with E-state index in [2.05, 4.69) is 11.9 Å². The summed E-state index contributed by atoms with van der Waals surface area (Å²) in [4.78, 5) is 13.3. The van der Waals surface area contributed by atoms with Crippen molar-refractivity contribution in [2.24, 2.45) is 5.92 Å². The zero-order valence-corrected chi connectivity index (χ0v) is 8.96. The second-order valence-electron chi connectivity index (χ2n) is 3.96. The van der Waals surface area contributed by atoms with Gasteiger partial charge in [0.2, 0.25) is 5.91 Å². The van der Waals surface area contributed by atoms with Crippen LogP contribution in [-0.4, -0.2) is 37.5 Å². The molecule has 0 aromatic carbocycles. The van der Waals surface area contributed by atoms with Gasteiger partial charge in [0.1, 0.15) is 0 Å². The first-order valence-electron chi connectivity index (χ1n) is 5.29. The van der Waals surface area contributed by atoms with Crippen LogP contribution in [0.1, 0.15) is 19.3 Å². The van der Waals surface area contributed by atoms with Gasteiger partial charge in [-0.15, -0.1) is 6.58 Å². The molecule has 1 rings (SSSR count). The molecule has 1 saturated heterocycles. The molecule has 0 aromatic heterocycles. The van der Waals surface area contributed by atoms with E-state index in [-0.39, 0.29) is 5.91 Å². The smallest absolute Gasteiger partial charge is 0.222 e. The Bertz CT molecular complexity index is 197. The van der Waals surface area contributed by atoms with Gasteiger partial charge in [0.05, 0.1) is 0 Å². The highest BCUT2D eigenvalue weighted by Crippen LogP contribution is 2.14. The maximum Gasteiger partial charge on any atom is 0.222 e. The molecule has 1 aliphatic heterocycles. The first-order chi connectivity index (χ1) is 6.74. The van der Waals surface area contributed by atoms with Crippen molar-refractivity contribution in [3.05, 3.63) is 12.7 Å². The highest BCUT2D eigenvalue weighted by atomic mass is 16.2. The lowest BCUT2D eigenvalue weighted by atomic mass is 10.0. The van der Waals surface area contributed by atoms with Crippen LogP contribution < -0.4 is 5.32 Å². The molecule has 14 heavy (non-hydrogen) atoms. The van der Waals surface area contributed by atoms with Crippen molar-refractivity contribution in [3.63, 3.8) is 0 Å². The van der Waals surface area contributed by atoms with Crippen LogP contribution in [-0.2, 0) is 4.79 Å². The van der Waals surface area contributed by atoms with E-state index >= 15 is 0 Å². The van der Waals surface area contributed by atoms with Crippen LogP contribution in [0.25, 0.3) is 0 Å². The third-order valence-electron chi connectivity index (χ3n) is 2.76. The van der Waals surface area contributed by atoms with Gasteiger partial charge in [0.15, 0.2) is 0 Å². The number of hydrogen-bond acceptors (Lipinski definition) is 2. The Morgan fingerprint density at radius 3 is 3.07 bits per heavy atom. The van der Waals surface area contributed by atoms with E-state index in [4.69, 9.17) is 0 Å². The zero-order chi connectivity index (χ0) is 10.4. The predicted molar refractivity (Wildman–Crippen MR) is 58.0 cm³/mol. The Kier molecular flexibility index (Phi) is 4.66. The third kappa shape index (κ3) is 3.50. The van der Waals surface area contributed by atoms with Crippen molar-refractivity contribution < 1.29 is 4.79 Å². The summed E-state index contributed by atoms with van der Waals surface area (Å²) in [5.74, 6) is 0.938. The first-order valence-corrected chi connectivity index (χ1v) is 5.29. The van der Waals surface area contributed by atoms with Gasteiger partial charge in [0.25, 0.3) is 0 Å². The molecule has 1 atom stereocenters. The highest BCUT2D eigenvalue weighted by molar-refractivity contribution is 5.75. The van der Waals surface area contributed by atoms with E-state index in [0.29, 0.717) is 18.9 Å². The lowest BCUT2D eigenvalue weighted by Gasteiger charge is -2.15. The highest BCUT2D eigenvalue weighted by Gasteiger charge is 2.16. The number of hydrogen-bond donors (Lipinski definition) is 1. The number of carbonyl (C=O) groups excluding carboxylic acids is 1. The summed E-state index contributed by atoms with van der Waals surface area (Å²) in [5.41, 5.74) is 0. The Labute approximate surface area is 86.2 Å². The minimum atomic E-state index is 0.233. The summed E-state index contributed by atoms with van der Waals surface area (Å²) >= 11 is 0. The van der Waals surface area contributed by atoms with Gasteiger partial charge in [-0.1, -0.05) is 6.08 Å². The molecule has 0 radical (unpaired) electrons. The fraction of sp³-hybridized carbons (Fsp3) is 0.727. The second kappa shape index (κ2) is 5.81. The molecule has 1 heterocycles. The van der Waals surface area contributed by atoms with E-state index in [9.17, 15) is 4.79 Å². The molecule has 3 nitrogen and oxygen atoms in total. The number of nitrogens with one attached hydrogen (secondary N) is 1. The monoisotopic (exact) mass is 196 g/mol. The summed E-state index contributed by atoms with van der Waals surface area (Å²) in [5, 5.41) is 3.31. The SMILES string of the molecule is C=CCN(C)C(=O)CCC1CCNC1. The molecular formula is C11H20N2O. The molecule has 80 valence electrons. The number of carbonyl (C=O) groups is 1. The van der Waals surface area contributed by atoms with Gasteiger partial charge in [-0.3, -0.25) is 4.79 Å². The fourth-order valence-electron chi connectivity index (χ4n) is 1.77. The Hall–Kier alpha value is -0.830. The molecule has 1 amide bonds. The maximum atomic E-state index is 11.5. The van der Waals surface area contributed by atoms with Crippen LogP contribution in [0.15, 0.2) is 12.7 Å². The van der Waals surface area contributed by atoms with Gasteiger partial charge in [0, 0.05) is 20.0 Å². The molecule has 0 bridgehead atoms. The average Bonchev–Trinajstić information content (AvgIpc) is 2.67. The number of rotatable bonds is 5. The van der Waals surface area contributed by atoms with Gasteiger partial charge in [-0.25, -0.2) is 0 Å². The average molecular weight is 196 g/mol. The minimum absolute atomic E-state index is 0.233. The summed E-state index contributed by atoms with van der Waals surface area (Å²) in [6.45, 7) is 6.47. The number of nitrogens with zero attached hydrogens (tertiary/aromatic N) is 1. The van der Waals surface area contributed by atoms with Gasteiger partial charge >= 0.3 is 0 Å². The van der Waals surface area contributed by atoms with Crippen LogP contribution >= 0.6 is 0 Å². The molecule has 1 unspecified atom stereocenters. The normalized spacial score (nSPS) is 20.8. The van der Waals surface area contributed by atoms with Crippen molar-refractivity contribution >= 4 is 5.91 Å². The van der Waals surface area contributed by atoms with Crippen LogP contribution in [0.3, 0.4) is 0 Å². The molecule has 3 heteroatoms. The molecule has 1 aliphatic rings. The summed E-state index contributed by atoms with van der Waals surface area (Å²) in [6.07, 6.45) is 4.68. The van der Waals surface area contributed by atoms with Crippen molar-refractivity contribution in [3.8, 4) is 0 Å². The molecule has 0 aromatic rings. The lowest BCUT2D eigenvalue weighted by molar-refractivity contribution is -0.129. The van der Waals surface area contributed by atoms with Gasteiger partial charge in [-0.05, 0) is 31.8 Å². The minimum Gasteiger partial charge on any atom is -0.342 e. The Morgan fingerprint density at radius 2 is 2.50 bits per heavy atom. The molecule has 0 aliphatic carbocycles. The molecule has 0 saturated carbocycles. The molecule has 0 spiro atoms. The second-order valence-corrected chi connectivity index (χ2v) is 3.96. The standard InChI is InChI=1S/C11H20N2O/c1-3-8-13(2)11(14)5-4-10-6-7-12-9-10/h3,10,12H,1,4-9H2,2H3. The summed E-state index contributed by atoms with van der Waals surface area (Å²) in [6, 6.07) is 0. The third-order valence-corrected chi connectivity index (χ3v) is 2.76. The van der Waals surface area contributed by atoms with Crippen LogP contribution in [0.4, 0.5) is 0 Å².